The Morgan fingerprint density at radius 1 is 1.45 bits per heavy atom. The van der Waals surface area contributed by atoms with Crippen LogP contribution in [-0.4, -0.2) is 22.8 Å². The molecule has 2 aromatic rings. The molecule has 0 aliphatic rings. The fraction of sp³-hybridized carbons (Fsp3) is 0.286. The molecule has 1 aromatic carbocycles. The number of hydrogen-bond acceptors (Lipinski definition) is 4. The fourth-order valence-corrected chi connectivity index (χ4v) is 1.99. The monoisotopic (exact) mass is 274 g/mol. The Hall–Kier alpha value is -2.50. The van der Waals surface area contributed by atoms with E-state index in [-0.39, 0.29) is 5.91 Å². The Morgan fingerprint density at radius 3 is 2.80 bits per heavy atom. The van der Waals surface area contributed by atoms with Crippen molar-refractivity contribution in [2.45, 2.75) is 20.4 Å². The van der Waals surface area contributed by atoms with Crippen molar-refractivity contribution in [3.05, 3.63) is 35.7 Å². The number of carbonyl (C=O) groups is 1. The van der Waals surface area contributed by atoms with Crippen LogP contribution in [0.15, 0.2) is 24.3 Å². The van der Waals surface area contributed by atoms with Crippen LogP contribution in [-0.2, 0) is 6.54 Å². The van der Waals surface area contributed by atoms with E-state index in [2.05, 4.69) is 10.4 Å². The smallest absolute Gasteiger partial charge is 0.276 e. The van der Waals surface area contributed by atoms with Gasteiger partial charge >= 0.3 is 0 Å². The highest BCUT2D eigenvalue weighted by atomic mass is 16.5. The number of nitrogen functional groups attached to an aromatic ring is 1. The standard InChI is InChI=1S/C14H18N4O2/c1-4-18-13(12(15)9(2)17-18)14(19)16-10-7-5-6-8-11(10)20-3/h5-8H,4,15H2,1-3H3,(H,16,19). The van der Waals surface area contributed by atoms with E-state index in [0.29, 0.717) is 35.1 Å². The number of methoxy groups -OCH3 is 1. The lowest BCUT2D eigenvalue weighted by Gasteiger charge is -2.10. The maximum Gasteiger partial charge on any atom is 0.276 e. The van der Waals surface area contributed by atoms with E-state index in [1.165, 1.54) is 0 Å². The number of para-hydroxylation sites is 2. The molecule has 0 bridgehead atoms. The number of anilines is 2. The fourth-order valence-electron chi connectivity index (χ4n) is 1.99. The van der Waals surface area contributed by atoms with Gasteiger partial charge in [-0.3, -0.25) is 9.48 Å². The second-order valence-electron chi connectivity index (χ2n) is 4.32. The van der Waals surface area contributed by atoms with Crippen molar-refractivity contribution in [1.29, 1.82) is 0 Å². The van der Waals surface area contributed by atoms with E-state index in [0.717, 1.165) is 0 Å². The SMILES string of the molecule is CCn1nc(C)c(N)c1C(=O)Nc1ccccc1OC. The molecule has 1 amide bonds. The molecule has 0 saturated heterocycles. The molecule has 1 heterocycles. The van der Waals surface area contributed by atoms with Crippen molar-refractivity contribution >= 4 is 17.3 Å². The second-order valence-corrected chi connectivity index (χ2v) is 4.32. The van der Waals surface area contributed by atoms with Gasteiger partial charge in [-0.2, -0.15) is 5.10 Å². The maximum atomic E-state index is 12.4. The van der Waals surface area contributed by atoms with Crippen LogP contribution in [0.25, 0.3) is 0 Å². The number of aryl methyl sites for hydroxylation is 2. The van der Waals surface area contributed by atoms with Crippen LogP contribution >= 0.6 is 0 Å². The summed E-state index contributed by atoms with van der Waals surface area (Å²) in [6.45, 7) is 4.26. The van der Waals surface area contributed by atoms with Crippen molar-refractivity contribution in [3.63, 3.8) is 0 Å². The lowest BCUT2D eigenvalue weighted by molar-refractivity contribution is 0.101. The molecule has 0 aliphatic heterocycles. The van der Waals surface area contributed by atoms with Crippen LogP contribution in [0.5, 0.6) is 5.75 Å². The molecule has 1 aromatic heterocycles. The van der Waals surface area contributed by atoms with Gasteiger partial charge in [-0.05, 0) is 26.0 Å². The van der Waals surface area contributed by atoms with Gasteiger partial charge in [0.15, 0.2) is 0 Å². The minimum Gasteiger partial charge on any atom is -0.495 e. The summed E-state index contributed by atoms with van der Waals surface area (Å²) in [6.07, 6.45) is 0. The third-order valence-electron chi connectivity index (χ3n) is 3.04. The minimum absolute atomic E-state index is 0.297. The first-order valence-corrected chi connectivity index (χ1v) is 6.35. The van der Waals surface area contributed by atoms with Crippen molar-refractivity contribution in [1.82, 2.24) is 9.78 Å². The number of nitrogens with zero attached hydrogens (tertiary/aromatic N) is 2. The van der Waals surface area contributed by atoms with Crippen LogP contribution < -0.4 is 15.8 Å². The molecule has 6 nitrogen and oxygen atoms in total. The first-order valence-electron chi connectivity index (χ1n) is 6.35. The van der Waals surface area contributed by atoms with Gasteiger partial charge in [0.2, 0.25) is 0 Å². The molecule has 0 saturated carbocycles. The molecule has 0 atom stereocenters. The van der Waals surface area contributed by atoms with Crippen LogP contribution in [0, 0.1) is 6.92 Å². The van der Waals surface area contributed by atoms with E-state index < -0.39 is 0 Å². The Morgan fingerprint density at radius 2 is 2.15 bits per heavy atom. The van der Waals surface area contributed by atoms with Gasteiger partial charge in [-0.25, -0.2) is 0 Å². The normalized spacial score (nSPS) is 10.3. The number of aromatic nitrogens is 2. The van der Waals surface area contributed by atoms with E-state index >= 15 is 0 Å². The van der Waals surface area contributed by atoms with Crippen LogP contribution in [0.3, 0.4) is 0 Å². The zero-order chi connectivity index (χ0) is 14.7. The summed E-state index contributed by atoms with van der Waals surface area (Å²) in [4.78, 5) is 12.4. The summed E-state index contributed by atoms with van der Waals surface area (Å²) in [6, 6.07) is 7.21. The number of carbonyl (C=O) groups excluding carboxylic acids is 1. The third-order valence-corrected chi connectivity index (χ3v) is 3.04. The molecule has 0 spiro atoms. The molecule has 0 radical (unpaired) electrons. The molecule has 2 rings (SSSR count). The topological polar surface area (TPSA) is 82.2 Å². The molecule has 106 valence electrons. The predicted molar refractivity (Wildman–Crippen MR) is 78.0 cm³/mol. The summed E-state index contributed by atoms with van der Waals surface area (Å²) in [5.41, 5.74) is 7.95. The lowest BCUT2D eigenvalue weighted by atomic mass is 10.2. The summed E-state index contributed by atoms with van der Waals surface area (Å²) in [5.74, 6) is 0.299. The number of rotatable bonds is 4. The highest BCUT2D eigenvalue weighted by Gasteiger charge is 2.20. The second kappa shape index (κ2) is 5.64. The summed E-state index contributed by atoms with van der Waals surface area (Å²) in [7, 11) is 1.56. The largest absolute Gasteiger partial charge is 0.495 e. The van der Waals surface area contributed by atoms with Gasteiger partial charge in [0, 0.05) is 6.54 Å². The zero-order valence-corrected chi connectivity index (χ0v) is 11.8. The Labute approximate surface area is 117 Å². The van der Waals surface area contributed by atoms with E-state index in [1.807, 2.05) is 19.1 Å². The van der Waals surface area contributed by atoms with Crippen molar-refractivity contribution in [2.75, 3.05) is 18.2 Å². The Kier molecular flexibility index (Phi) is 3.93. The van der Waals surface area contributed by atoms with Gasteiger partial charge in [-0.1, -0.05) is 12.1 Å². The average molecular weight is 274 g/mol. The van der Waals surface area contributed by atoms with E-state index in [4.69, 9.17) is 10.5 Å². The molecule has 0 fully saturated rings. The minimum atomic E-state index is -0.297. The number of amides is 1. The number of hydrogen-bond donors (Lipinski definition) is 2. The number of nitrogens with one attached hydrogen (secondary N) is 1. The Bertz CT molecular complexity index is 634. The van der Waals surface area contributed by atoms with Crippen LogP contribution in [0.4, 0.5) is 11.4 Å². The van der Waals surface area contributed by atoms with Crippen LogP contribution in [0.1, 0.15) is 23.1 Å². The number of nitrogens with two attached hydrogens (primary N) is 1. The van der Waals surface area contributed by atoms with Crippen molar-refractivity contribution in [3.8, 4) is 5.75 Å². The first kappa shape index (κ1) is 13.9. The lowest BCUT2D eigenvalue weighted by Crippen LogP contribution is -2.19. The molecular weight excluding hydrogens is 256 g/mol. The Balaban J connectivity index is 2.33. The zero-order valence-electron chi connectivity index (χ0n) is 11.8. The highest BCUT2D eigenvalue weighted by molar-refractivity contribution is 6.07. The molecular formula is C14H18N4O2. The number of benzene rings is 1. The third kappa shape index (κ3) is 2.45. The molecule has 20 heavy (non-hydrogen) atoms. The summed E-state index contributed by atoms with van der Waals surface area (Å²) < 4.78 is 6.80. The molecule has 6 heteroatoms. The molecule has 3 N–H and O–H groups in total. The predicted octanol–water partition coefficient (Wildman–Crippen LogP) is 2.05. The van der Waals surface area contributed by atoms with E-state index in [9.17, 15) is 4.79 Å². The van der Waals surface area contributed by atoms with Gasteiger partial charge in [-0.15, -0.1) is 0 Å². The highest BCUT2D eigenvalue weighted by Crippen LogP contribution is 2.25. The summed E-state index contributed by atoms with van der Waals surface area (Å²) in [5, 5.41) is 7.04. The quantitative estimate of drug-likeness (QED) is 0.894. The molecule has 0 unspecified atom stereocenters. The van der Waals surface area contributed by atoms with E-state index in [1.54, 1.807) is 30.8 Å². The van der Waals surface area contributed by atoms with Gasteiger partial charge < -0.3 is 15.8 Å². The van der Waals surface area contributed by atoms with Gasteiger partial charge in [0.05, 0.1) is 24.2 Å². The summed E-state index contributed by atoms with van der Waals surface area (Å²) >= 11 is 0. The van der Waals surface area contributed by atoms with Crippen LogP contribution in [0.2, 0.25) is 0 Å². The average Bonchev–Trinajstić information content (AvgIpc) is 2.74. The van der Waals surface area contributed by atoms with Crippen molar-refractivity contribution in [2.24, 2.45) is 0 Å². The first-order chi connectivity index (χ1) is 9.58. The van der Waals surface area contributed by atoms with Gasteiger partial charge in [0.25, 0.3) is 5.91 Å². The maximum absolute atomic E-state index is 12.4. The number of ether oxygens (including phenoxy) is 1. The van der Waals surface area contributed by atoms with Gasteiger partial charge in [0.1, 0.15) is 11.4 Å². The molecule has 0 aliphatic carbocycles. The van der Waals surface area contributed by atoms with Crippen molar-refractivity contribution < 1.29 is 9.53 Å².